The van der Waals surface area contributed by atoms with E-state index in [9.17, 15) is 4.79 Å². The van der Waals surface area contributed by atoms with Crippen LogP contribution in [-0.4, -0.2) is 12.3 Å². The number of carbonyl (C=O) groups excluding carboxylic acids is 1. The lowest BCUT2D eigenvalue weighted by Gasteiger charge is -1.79. The molecule has 0 aromatic carbocycles. The van der Waals surface area contributed by atoms with E-state index in [1.807, 2.05) is 0 Å². The van der Waals surface area contributed by atoms with Gasteiger partial charge in [-0.05, 0) is 12.8 Å². The molecule has 0 saturated carbocycles. The predicted molar refractivity (Wildman–Crippen MR) is 40.2 cm³/mol. The fraction of sp³-hybridized carbons (Fsp3) is 0.857. The van der Waals surface area contributed by atoms with Crippen LogP contribution in [0.15, 0.2) is 0 Å². The summed E-state index contributed by atoms with van der Waals surface area (Å²) in [5.74, 6) is 0.866. The molecule has 2 nitrogen and oxygen atoms in total. The fourth-order valence-corrected chi connectivity index (χ4v) is 0. The van der Waals surface area contributed by atoms with Crippen LogP contribution in [0.4, 0.5) is 0 Å². The van der Waals surface area contributed by atoms with Crippen LogP contribution in [0, 0.1) is 5.92 Å². The van der Waals surface area contributed by atoms with E-state index < -0.39 is 0 Å². The SMILES string of the molecule is CC(=O)CN.CC(C)C. The number of nitrogens with two attached hydrogens (primary N) is 1. The molecule has 0 aliphatic heterocycles. The van der Waals surface area contributed by atoms with E-state index in [1.54, 1.807) is 0 Å². The second-order valence-corrected chi connectivity index (χ2v) is 2.64. The van der Waals surface area contributed by atoms with Crippen LogP contribution in [0.5, 0.6) is 0 Å². The molecule has 0 aliphatic rings. The summed E-state index contributed by atoms with van der Waals surface area (Å²) in [5, 5.41) is 0. The van der Waals surface area contributed by atoms with Crippen molar-refractivity contribution < 1.29 is 4.79 Å². The molecule has 0 amide bonds. The molecule has 0 radical (unpaired) electrons. The van der Waals surface area contributed by atoms with Crippen molar-refractivity contribution in [2.45, 2.75) is 27.7 Å². The minimum absolute atomic E-state index is 0.0324. The van der Waals surface area contributed by atoms with Crippen LogP contribution in [-0.2, 0) is 4.79 Å². The Bertz CT molecular complexity index is 66.6. The first-order chi connectivity index (χ1) is 4.00. The largest absolute Gasteiger partial charge is 0.324 e. The van der Waals surface area contributed by atoms with E-state index in [0.29, 0.717) is 0 Å². The Morgan fingerprint density at radius 2 is 1.56 bits per heavy atom. The van der Waals surface area contributed by atoms with Gasteiger partial charge >= 0.3 is 0 Å². The molecular weight excluding hydrogens is 114 g/mol. The minimum atomic E-state index is 0.0324. The number of ketones is 1. The smallest absolute Gasteiger partial charge is 0.143 e. The Labute approximate surface area is 57.4 Å². The zero-order valence-corrected chi connectivity index (χ0v) is 6.77. The van der Waals surface area contributed by atoms with Crippen LogP contribution >= 0.6 is 0 Å². The van der Waals surface area contributed by atoms with Gasteiger partial charge < -0.3 is 5.73 Å². The van der Waals surface area contributed by atoms with Crippen LogP contribution in [0.25, 0.3) is 0 Å². The number of Topliss-reactive ketones (excluding diaryl/α,β-unsaturated/α-hetero) is 1. The van der Waals surface area contributed by atoms with Gasteiger partial charge in [-0.2, -0.15) is 0 Å². The van der Waals surface area contributed by atoms with E-state index in [4.69, 9.17) is 5.73 Å². The summed E-state index contributed by atoms with van der Waals surface area (Å²) in [6, 6.07) is 0. The first-order valence-electron chi connectivity index (χ1n) is 3.20. The molecule has 56 valence electrons. The Balaban J connectivity index is 0. The van der Waals surface area contributed by atoms with Gasteiger partial charge in [0.1, 0.15) is 5.78 Å². The first-order valence-corrected chi connectivity index (χ1v) is 3.20. The fourth-order valence-electron chi connectivity index (χ4n) is 0. The third-order valence-corrected chi connectivity index (χ3v) is 0.287. The monoisotopic (exact) mass is 131 g/mol. The van der Waals surface area contributed by atoms with Crippen molar-refractivity contribution in [3.05, 3.63) is 0 Å². The predicted octanol–water partition coefficient (Wildman–Crippen LogP) is 1.20. The van der Waals surface area contributed by atoms with Crippen molar-refractivity contribution in [1.29, 1.82) is 0 Å². The zero-order chi connectivity index (χ0) is 7.86. The quantitative estimate of drug-likeness (QED) is 0.581. The van der Waals surface area contributed by atoms with Gasteiger partial charge in [-0.25, -0.2) is 0 Å². The molecule has 0 unspecified atom stereocenters. The normalized spacial score (nSPS) is 8.22. The van der Waals surface area contributed by atoms with Crippen molar-refractivity contribution in [2.75, 3.05) is 6.54 Å². The molecule has 0 spiro atoms. The summed E-state index contributed by atoms with van der Waals surface area (Å²) < 4.78 is 0. The van der Waals surface area contributed by atoms with E-state index in [1.165, 1.54) is 6.92 Å². The molecule has 0 rings (SSSR count). The van der Waals surface area contributed by atoms with Crippen molar-refractivity contribution in [3.63, 3.8) is 0 Å². The zero-order valence-electron chi connectivity index (χ0n) is 6.77. The second-order valence-electron chi connectivity index (χ2n) is 2.64. The lowest BCUT2D eigenvalue weighted by molar-refractivity contribution is -0.115. The Morgan fingerprint density at radius 3 is 1.56 bits per heavy atom. The first kappa shape index (κ1) is 11.4. The third kappa shape index (κ3) is 91.0. The van der Waals surface area contributed by atoms with Gasteiger partial charge in [0.2, 0.25) is 0 Å². The number of hydrogen-bond donors (Lipinski definition) is 1. The van der Waals surface area contributed by atoms with Crippen LogP contribution in [0.1, 0.15) is 27.7 Å². The van der Waals surface area contributed by atoms with Gasteiger partial charge in [-0.3, -0.25) is 4.79 Å². The topological polar surface area (TPSA) is 43.1 Å². The van der Waals surface area contributed by atoms with E-state index in [2.05, 4.69) is 20.8 Å². The molecular formula is C7H17NO. The van der Waals surface area contributed by atoms with Gasteiger partial charge in [-0.1, -0.05) is 20.8 Å². The summed E-state index contributed by atoms with van der Waals surface area (Å²) in [6.45, 7) is 8.12. The van der Waals surface area contributed by atoms with Gasteiger partial charge in [0.25, 0.3) is 0 Å². The lowest BCUT2D eigenvalue weighted by Crippen LogP contribution is -2.07. The highest BCUT2D eigenvalue weighted by Crippen LogP contribution is 1.81. The lowest BCUT2D eigenvalue weighted by atomic mass is 10.3. The molecule has 0 aliphatic carbocycles. The van der Waals surface area contributed by atoms with Crippen LogP contribution in [0.2, 0.25) is 0 Å². The molecule has 0 saturated heterocycles. The number of hydrogen-bond acceptors (Lipinski definition) is 2. The molecule has 0 fully saturated rings. The second kappa shape index (κ2) is 7.63. The average Bonchev–Trinajstić information content (AvgIpc) is 1.65. The van der Waals surface area contributed by atoms with Crippen molar-refractivity contribution in [2.24, 2.45) is 11.7 Å². The molecule has 9 heavy (non-hydrogen) atoms. The van der Waals surface area contributed by atoms with Crippen LogP contribution < -0.4 is 5.73 Å². The van der Waals surface area contributed by atoms with Gasteiger partial charge in [-0.15, -0.1) is 0 Å². The van der Waals surface area contributed by atoms with Gasteiger partial charge in [0.05, 0.1) is 6.54 Å². The van der Waals surface area contributed by atoms with Crippen molar-refractivity contribution >= 4 is 5.78 Å². The third-order valence-electron chi connectivity index (χ3n) is 0.287. The number of carbonyl (C=O) groups is 1. The summed E-state index contributed by atoms with van der Waals surface area (Å²) >= 11 is 0. The molecule has 2 heteroatoms. The van der Waals surface area contributed by atoms with E-state index in [0.717, 1.165) is 5.92 Å². The molecule has 0 aromatic rings. The highest BCUT2D eigenvalue weighted by atomic mass is 16.1. The van der Waals surface area contributed by atoms with Crippen molar-refractivity contribution in [1.82, 2.24) is 0 Å². The Hall–Kier alpha value is -0.370. The maximum atomic E-state index is 9.69. The van der Waals surface area contributed by atoms with Crippen LogP contribution in [0.3, 0.4) is 0 Å². The molecule has 0 aromatic heterocycles. The van der Waals surface area contributed by atoms with E-state index >= 15 is 0 Å². The Kier molecular flexibility index (Phi) is 9.69. The van der Waals surface area contributed by atoms with E-state index in [-0.39, 0.29) is 12.3 Å². The Morgan fingerprint density at radius 1 is 1.44 bits per heavy atom. The molecule has 0 heterocycles. The summed E-state index contributed by atoms with van der Waals surface area (Å²) in [4.78, 5) is 9.69. The molecule has 0 bridgehead atoms. The molecule has 2 N–H and O–H groups in total. The maximum Gasteiger partial charge on any atom is 0.143 e. The maximum absolute atomic E-state index is 9.69. The number of rotatable bonds is 1. The van der Waals surface area contributed by atoms with Gasteiger partial charge in [0, 0.05) is 0 Å². The highest BCUT2D eigenvalue weighted by molar-refractivity contribution is 5.77. The average molecular weight is 131 g/mol. The molecule has 0 atom stereocenters. The summed E-state index contributed by atoms with van der Waals surface area (Å²) in [6.07, 6.45) is 0. The summed E-state index contributed by atoms with van der Waals surface area (Å²) in [7, 11) is 0. The van der Waals surface area contributed by atoms with Crippen molar-refractivity contribution in [3.8, 4) is 0 Å². The minimum Gasteiger partial charge on any atom is -0.324 e. The standard InChI is InChI=1S/C4H10.C3H7NO/c1-4(2)3;1-3(5)2-4/h4H,1-3H3;2,4H2,1H3. The van der Waals surface area contributed by atoms with Gasteiger partial charge in [0.15, 0.2) is 0 Å². The highest BCUT2D eigenvalue weighted by Gasteiger charge is 1.76. The summed E-state index contributed by atoms with van der Waals surface area (Å²) in [5.41, 5.74) is 4.82.